The molecule has 160 valence electrons. The standard InChI is InChI=1S/C24H30N2O3S/c1-16-7-5-10-20(17(16)2)25-23(27)15-26(14-19-9-6-12-29-19)24(28)22-13-18-8-3-4-11-21(18)30-22/h5,7,10,13,19H,3-4,6,8-9,11-12,14-15H2,1-2H3,(H,25,27)/t19-/m0/s1. The minimum atomic E-state index is -0.170. The predicted molar refractivity (Wildman–Crippen MR) is 120 cm³/mol. The van der Waals surface area contributed by atoms with E-state index >= 15 is 0 Å². The molecule has 5 nitrogen and oxygen atoms in total. The van der Waals surface area contributed by atoms with Crippen LogP contribution in [0, 0.1) is 13.8 Å². The third-order valence-corrected chi connectivity index (χ3v) is 7.38. The first-order chi connectivity index (χ1) is 14.5. The summed E-state index contributed by atoms with van der Waals surface area (Å²) in [5, 5.41) is 2.99. The first-order valence-corrected chi connectivity index (χ1v) is 11.7. The van der Waals surface area contributed by atoms with Crippen molar-refractivity contribution in [2.75, 3.05) is 25.0 Å². The van der Waals surface area contributed by atoms with Crippen LogP contribution in [-0.2, 0) is 22.4 Å². The van der Waals surface area contributed by atoms with Crippen LogP contribution in [0.3, 0.4) is 0 Å². The lowest BCUT2D eigenvalue weighted by molar-refractivity contribution is -0.117. The minimum Gasteiger partial charge on any atom is -0.376 e. The Labute approximate surface area is 182 Å². The van der Waals surface area contributed by atoms with E-state index in [4.69, 9.17) is 4.74 Å². The Morgan fingerprint density at radius 3 is 2.80 bits per heavy atom. The van der Waals surface area contributed by atoms with Crippen molar-refractivity contribution in [2.24, 2.45) is 0 Å². The maximum absolute atomic E-state index is 13.4. The molecule has 2 aromatic rings. The first kappa shape index (κ1) is 21.1. The number of nitrogens with zero attached hydrogens (tertiary/aromatic N) is 1. The van der Waals surface area contributed by atoms with E-state index in [1.54, 1.807) is 16.2 Å². The molecule has 0 spiro atoms. The molecule has 2 heterocycles. The zero-order chi connectivity index (χ0) is 21.1. The van der Waals surface area contributed by atoms with Gasteiger partial charge in [0.15, 0.2) is 0 Å². The summed E-state index contributed by atoms with van der Waals surface area (Å²) < 4.78 is 5.76. The fraction of sp³-hybridized carbons (Fsp3) is 0.500. The Balaban J connectivity index is 1.50. The van der Waals surface area contributed by atoms with Gasteiger partial charge in [-0.25, -0.2) is 0 Å². The number of anilines is 1. The topological polar surface area (TPSA) is 58.6 Å². The molecule has 1 aliphatic heterocycles. The molecule has 0 bridgehead atoms. The second-order valence-corrected chi connectivity index (χ2v) is 9.52. The molecule has 1 aromatic carbocycles. The number of carbonyl (C=O) groups excluding carboxylic acids is 2. The average molecular weight is 427 g/mol. The SMILES string of the molecule is Cc1cccc(NC(=O)CN(C[C@@H]2CCCO2)C(=O)c2cc3c(s2)CCCC3)c1C. The Bertz CT molecular complexity index is 907. The van der Waals surface area contributed by atoms with Crippen molar-refractivity contribution in [1.29, 1.82) is 0 Å². The molecule has 4 rings (SSSR count). The summed E-state index contributed by atoms with van der Waals surface area (Å²) in [7, 11) is 0. The van der Waals surface area contributed by atoms with Gasteiger partial charge in [0.2, 0.25) is 5.91 Å². The van der Waals surface area contributed by atoms with E-state index in [0.29, 0.717) is 6.54 Å². The zero-order valence-electron chi connectivity index (χ0n) is 17.8. The fourth-order valence-electron chi connectivity index (χ4n) is 4.25. The summed E-state index contributed by atoms with van der Waals surface area (Å²) >= 11 is 1.60. The van der Waals surface area contributed by atoms with Crippen LogP contribution in [0.2, 0.25) is 0 Å². The fourth-order valence-corrected chi connectivity index (χ4v) is 5.48. The maximum Gasteiger partial charge on any atom is 0.264 e. The average Bonchev–Trinajstić information content (AvgIpc) is 3.40. The Morgan fingerprint density at radius 2 is 2.03 bits per heavy atom. The Hall–Kier alpha value is -2.18. The van der Waals surface area contributed by atoms with Crippen molar-refractivity contribution in [3.05, 3.63) is 50.7 Å². The Kier molecular flexibility index (Phi) is 6.54. The number of amides is 2. The minimum absolute atomic E-state index is 0.0112. The summed E-state index contributed by atoms with van der Waals surface area (Å²) in [6, 6.07) is 7.91. The third kappa shape index (κ3) is 4.76. The van der Waals surface area contributed by atoms with Gasteiger partial charge < -0.3 is 15.0 Å². The highest BCUT2D eigenvalue weighted by Crippen LogP contribution is 2.30. The van der Waals surface area contributed by atoms with Crippen molar-refractivity contribution >= 4 is 28.8 Å². The van der Waals surface area contributed by atoms with E-state index in [2.05, 4.69) is 5.32 Å². The molecule has 1 N–H and O–H groups in total. The quantitative estimate of drug-likeness (QED) is 0.740. The molecule has 1 aliphatic carbocycles. The van der Waals surface area contributed by atoms with Gasteiger partial charge in [0.1, 0.15) is 6.54 Å². The van der Waals surface area contributed by atoms with Gasteiger partial charge in [-0.1, -0.05) is 12.1 Å². The van der Waals surface area contributed by atoms with Gasteiger partial charge in [0.05, 0.1) is 11.0 Å². The molecule has 1 atom stereocenters. The highest BCUT2D eigenvalue weighted by atomic mass is 32.1. The third-order valence-electron chi connectivity index (χ3n) is 6.16. The molecule has 2 amide bonds. The van der Waals surface area contributed by atoms with Gasteiger partial charge in [-0.3, -0.25) is 9.59 Å². The summed E-state index contributed by atoms with van der Waals surface area (Å²) in [4.78, 5) is 30.0. The lowest BCUT2D eigenvalue weighted by atomic mass is 9.99. The van der Waals surface area contributed by atoms with Gasteiger partial charge in [0, 0.05) is 23.7 Å². The number of hydrogen-bond donors (Lipinski definition) is 1. The lowest BCUT2D eigenvalue weighted by Gasteiger charge is -2.25. The number of fused-ring (bicyclic) bond motifs is 1. The van der Waals surface area contributed by atoms with Crippen LogP contribution in [0.5, 0.6) is 0 Å². The number of aryl methyl sites for hydroxylation is 3. The Morgan fingerprint density at radius 1 is 1.20 bits per heavy atom. The van der Waals surface area contributed by atoms with Crippen molar-refractivity contribution < 1.29 is 14.3 Å². The van der Waals surface area contributed by atoms with Crippen LogP contribution in [-0.4, -0.2) is 42.5 Å². The second kappa shape index (κ2) is 9.31. The highest BCUT2D eigenvalue weighted by molar-refractivity contribution is 7.14. The van der Waals surface area contributed by atoms with Crippen molar-refractivity contribution in [2.45, 2.75) is 58.5 Å². The molecule has 30 heavy (non-hydrogen) atoms. The number of hydrogen-bond acceptors (Lipinski definition) is 4. The summed E-state index contributed by atoms with van der Waals surface area (Å²) in [5.41, 5.74) is 4.29. The maximum atomic E-state index is 13.4. The van der Waals surface area contributed by atoms with E-state index < -0.39 is 0 Å². The number of nitrogens with one attached hydrogen (secondary N) is 1. The van der Waals surface area contributed by atoms with E-state index in [-0.39, 0.29) is 24.5 Å². The molecule has 1 aromatic heterocycles. The molecule has 0 radical (unpaired) electrons. The molecule has 1 fully saturated rings. The second-order valence-electron chi connectivity index (χ2n) is 8.38. The molecule has 0 saturated carbocycles. The van der Waals surface area contributed by atoms with Crippen molar-refractivity contribution in [3.8, 4) is 0 Å². The first-order valence-electron chi connectivity index (χ1n) is 10.9. The number of thiophene rings is 1. The van der Waals surface area contributed by atoms with E-state index in [1.165, 1.54) is 23.3 Å². The van der Waals surface area contributed by atoms with Gasteiger partial charge in [-0.15, -0.1) is 11.3 Å². The van der Waals surface area contributed by atoms with Crippen LogP contribution in [0.25, 0.3) is 0 Å². The largest absolute Gasteiger partial charge is 0.376 e. The van der Waals surface area contributed by atoms with Crippen LogP contribution in [0.4, 0.5) is 5.69 Å². The van der Waals surface area contributed by atoms with E-state index in [0.717, 1.165) is 54.0 Å². The number of ether oxygens (including phenoxy) is 1. The number of carbonyl (C=O) groups is 2. The molecule has 6 heteroatoms. The summed E-state index contributed by atoms with van der Waals surface area (Å²) in [6.07, 6.45) is 6.45. The smallest absolute Gasteiger partial charge is 0.264 e. The van der Waals surface area contributed by atoms with Crippen LogP contribution < -0.4 is 5.32 Å². The van der Waals surface area contributed by atoms with Crippen molar-refractivity contribution in [3.63, 3.8) is 0 Å². The number of benzene rings is 1. The van der Waals surface area contributed by atoms with Crippen LogP contribution >= 0.6 is 11.3 Å². The molecule has 2 aliphatic rings. The molecule has 1 saturated heterocycles. The van der Waals surface area contributed by atoms with E-state index in [1.807, 2.05) is 38.1 Å². The highest BCUT2D eigenvalue weighted by Gasteiger charge is 2.27. The zero-order valence-corrected chi connectivity index (χ0v) is 18.6. The van der Waals surface area contributed by atoms with Crippen LogP contribution in [0.15, 0.2) is 24.3 Å². The van der Waals surface area contributed by atoms with Crippen molar-refractivity contribution in [1.82, 2.24) is 4.90 Å². The normalized spacial score (nSPS) is 18.1. The summed E-state index contributed by atoms with van der Waals surface area (Å²) in [6.45, 7) is 5.25. The lowest BCUT2D eigenvalue weighted by Crippen LogP contribution is -2.42. The summed E-state index contributed by atoms with van der Waals surface area (Å²) in [5.74, 6) is -0.225. The van der Waals surface area contributed by atoms with E-state index in [9.17, 15) is 9.59 Å². The van der Waals surface area contributed by atoms with Gasteiger partial charge in [0.25, 0.3) is 5.91 Å². The van der Waals surface area contributed by atoms with Gasteiger partial charge in [-0.2, -0.15) is 0 Å². The predicted octanol–water partition coefficient (Wildman–Crippen LogP) is 4.50. The monoisotopic (exact) mass is 426 g/mol. The molecular weight excluding hydrogens is 396 g/mol. The molecule has 0 unspecified atom stereocenters. The van der Waals surface area contributed by atoms with Crippen LogP contribution in [0.1, 0.15) is 56.9 Å². The van der Waals surface area contributed by atoms with Gasteiger partial charge in [-0.05, 0) is 81.2 Å². The number of rotatable bonds is 6. The van der Waals surface area contributed by atoms with Gasteiger partial charge >= 0.3 is 0 Å². The molecular formula is C24H30N2O3S.